The van der Waals surface area contributed by atoms with Gasteiger partial charge >= 0.3 is 193 Å². The molecule has 0 saturated carbocycles. The summed E-state index contributed by atoms with van der Waals surface area (Å²) in [5.41, 5.74) is 3.23. The molecular formula is C46H61N2O10P. The Morgan fingerprint density at radius 3 is 1.63 bits per heavy atom. The van der Waals surface area contributed by atoms with Crippen LogP contribution in [0.25, 0.3) is 0 Å². The molecular weight excluding hydrogens is 771 g/mol. The number of hydrogen-bond acceptors (Lipinski definition) is 10. The van der Waals surface area contributed by atoms with Crippen LogP contribution in [0.3, 0.4) is 0 Å². The third-order valence-electron chi connectivity index (χ3n) is 10.7. The van der Waals surface area contributed by atoms with Gasteiger partial charge in [-0.2, -0.15) is 0 Å². The monoisotopic (exact) mass is 832 g/mol. The molecule has 0 spiro atoms. The van der Waals surface area contributed by atoms with Crippen LogP contribution < -0.4 is 18.9 Å². The zero-order valence-electron chi connectivity index (χ0n) is 35.0. The molecule has 4 atom stereocenters. The molecule has 2 fully saturated rings. The van der Waals surface area contributed by atoms with Crippen molar-refractivity contribution in [1.82, 2.24) is 9.80 Å². The number of benzene rings is 4. The van der Waals surface area contributed by atoms with Crippen molar-refractivity contribution >= 4 is 14.0 Å². The van der Waals surface area contributed by atoms with E-state index in [-0.39, 0.29) is 38.2 Å². The van der Waals surface area contributed by atoms with E-state index in [4.69, 9.17) is 32.5 Å². The van der Waals surface area contributed by atoms with Gasteiger partial charge in [0.05, 0.1) is 20.3 Å². The molecule has 59 heavy (non-hydrogen) atoms. The van der Waals surface area contributed by atoms with Gasteiger partial charge in [-0.15, -0.1) is 0 Å². The summed E-state index contributed by atoms with van der Waals surface area (Å²) in [4.78, 5) is 18.7. The standard InChI is InChI=1S/C46H61N2O10P/c1-6-9-27-53-39-21-13-35(14-22-39)30-47-42(29-34-11-19-41(20-12-34)55-32-59(56-8-3)57-33(4)58-59)44(49)45(50)43(37-17-25-38(52-5)26-18-37)48(46(47)51)31-36-15-23-40(24-16-36)54-28-10-7-2/h11-26,33,42-45,49-50,59H,6-10,27-32H2,1-5H3/t42-,43?,44+,45+/m1/s1. The number of carbonyl (C=O) groups excluding carboxylic acids is 1. The number of urea groups is 1. The number of aliphatic hydroxyl groups is 2. The third-order valence-corrected chi connectivity index (χ3v) is 13.3. The normalized spacial score (nSPS) is 21.9. The fourth-order valence-electron chi connectivity index (χ4n) is 7.46. The molecule has 12 nitrogen and oxygen atoms in total. The Balaban J connectivity index is 1.32. The van der Waals surface area contributed by atoms with Crippen molar-refractivity contribution in [2.45, 2.75) is 103 Å². The second-order valence-electron chi connectivity index (χ2n) is 15.1. The van der Waals surface area contributed by atoms with Crippen LogP contribution in [0.5, 0.6) is 23.0 Å². The molecule has 0 bridgehead atoms. The van der Waals surface area contributed by atoms with Crippen molar-refractivity contribution in [3.63, 3.8) is 0 Å². The number of nitrogens with zero attached hydrogens (tertiary/aromatic N) is 2. The van der Waals surface area contributed by atoms with E-state index >= 15 is 4.79 Å². The summed E-state index contributed by atoms with van der Waals surface area (Å²) in [6.07, 6.45) is 1.42. The molecule has 1 unspecified atom stereocenters. The SMILES string of the molecule is CCCCOc1ccc(CN2C(=O)N(Cc3ccc(OCCCC)cc3)[C@H](Cc3ccc(OC[PH]4(OCC)OC(C)O4)cc3)[C@H](O)[C@@H](O)C2c2ccc(OC)cc2)cc1. The van der Waals surface area contributed by atoms with E-state index in [9.17, 15) is 10.2 Å². The number of ether oxygens (including phenoxy) is 4. The van der Waals surface area contributed by atoms with Crippen LogP contribution in [0.4, 0.5) is 4.79 Å². The first-order chi connectivity index (χ1) is 28.6. The maximum atomic E-state index is 15.3. The van der Waals surface area contributed by atoms with Crippen molar-refractivity contribution < 1.29 is 47.5 Å². The van der Waals surface area contributed by atoms with Crippen molar-refractivity contribution in [3.8, 4) is 23.0 Å². The first-order valence-electron chi connectivity index (χ1n) is 20.9. The first kappa shape index (κ1) is 44.1. The van der Waals surface area contributed by atoms with Gasteiger partial charge in [0.2, 0.25) is 0 Å². The van der Waals surface area contributed by atoms with Crippen LogP contribution in [0.15, 0.2) is 97.1 Å². The molecule has 2 saturated heterocycles. The number of aliphatic hydroxyl groups excluding tert-OH is 2. The molecule has 2 aliphatic heterocycles. The molecule has 6 rings (SSSR count). The number of amides is 2. The Morgan fingerprint density at radius 2 is 1.14 bits per heavy atom. The van der Waals surface area contributed by atoms with Gasteiger partial charge in [0, 0.05) is 0 Å². The number of rotatable bonds is 21. The van der Waals surface area contributed by atoms with Crippen molar-refractivity contribution in [2.24, 2.45) is 0 Å². The summed E-state index contributed by atoms with van der Waals surface area (Å²) in [6, 6.07) is 28.2. The average Bonchev–Trinajstić information content (AvgIpc) is 3.30. The summed E-state index contributed by atoms with van der Waals surface area (Å²) in [6.45, 7) is 10.0. The number of unbranched alkanes of at least 4 members (excludes halogenated alkanes) is 2. The molecule has 4 aromatic carbocycles. The summed E-state index contributed by atoms with van der Waals surface area (Å²) >= 11 is 0. The maximum absolute atomic E-state index is 15.3. The molecule has 4 aromatic rings. The Kier molecular flexibility index (Phi) is 15.9. The zero-order chi connectivity index (χ0) is 41.8. The van der Waals surface area contributed by atoms with Gasteiger partial charge in [-0.05, 0) is 54.8 Å². The molecule has 320 valence electrons. The first-order valence-corrected chi connectivity index (χ1v) is 22.8. The topological polar surface area (TPSA) is 129 Å². The Labute approximate surface area is 349 Å². The van der Waals surface area contributed by atoms with Crippen LogP contribution in [0.2, 0.25) is 0 Å². The van der Waals surface area contributed by atoms with Gasteiger partial charge in [-0.1, -0.05) is 51.0 Å². The molecule has 0 aromatic heterocycles. The minimum atomic E-state index is -2.86. The Bertz CT molecular complexity index is 1870. The summed E-state index contributed by atoms with van der Waals surface area (Å²) in [7, 11) is -1.27. The van der Waals surface area contributed by atoms with E-state index < -0.39 is 32.2 Å². The van der Waals surface area contributed by atoms with Crippen molar-refractivity contribution in [3.05, 3.63) is 119 Å². The van der Waals surface area contributed by atoms with E-state index in [0.29, 0.717) is 36.9 Å². The van der Waals surface area contributed by atoms with E-state index in [1.807, 2.05) is 98.8 Å². The quantitative estimate of drug-likeness (QED) is 0.0621. The second-order valence-corrected chi connectivity index (χ2v) is 17.5. The average molecular weight is 833 g/mol. The Hall–Kier alpha value is -4.42. The van der Waals surface area contributed by atoms with Gasteiger partial charge in [-0.25, -0.2) is 0 Å². The smallest absolute Gasteiger partial charge is 0.497 e. The summed E-state index contributed by atoms with van der Waals surface area (Å²) < 4.78 is 40.8. The van der Waals surface area contributed by atoms with Gasteiger partial charge in [0.15, 0.2) is 0 Å². The van der Waals surface area contributed by atoms with E-state index in [1.165, 1.54) is 0 Å². The number of carbonyl (C=O) groups is 1. The van der Waals surface area contributed by atoms with Gasteiger partial charge < -0.3 is 14.2 Å². The fourth-order valence-corrected chi connectivity index (χ4v) is 9.63. The van der Waals surface area contributed by atoms with Crippen LogP contribution in [0, 0.1) is 0 Å². The minimum Gasteiger partial charge on any atom is -0.497 e. The Morgan fingerprint density at radius 1 is 0.644 bits per heavy atom. The van der Waals surface area contributed by atoms with E-state index in [1.54, 1.807) is 29.0 Å². The van der Waals surface area contributed by atoms with E-state index in [0.717, 1.165) is 53.9 Å². The molecule has 2 heterocycles. The zero-order valence-corrected chi connectivity index (χ0v) is 36.0. The molecule has 2 N–H and O–H groups in total. The predicted octanol–water partition coefficient (Wildman–Crippen LogP) is 8.83. The summed E-state index contributed by atoms with van der Waals surface area (Å²) in [5.74, 6) is 2.75. The third kappa shape index (κ3) is 11.4. The molecule has 2 amide bonds. The molecule has 0 aliphatic carbocycles. The molecule has 0 radical (unpaired) electrons. The number of methoxy groups -OCH3 is 1. The van der Waals surface area contributed by atoms with Crippen LogP contribution in [-0.2, 0) is 33.1 Å². The molecule has 13 heteroatoms. The van der Waals surface area contributed by atoms with Crippen LogP contribution >= 0.6 is 7.94 Å². The van der Waals surface area contributed by atoms with E-state index in [2.05, 4.69) is 13.8 Å². The predicted molar refractivity (Wildman–Crippen MR) is 229 cm³/mol. The van der Waals surface area contributed by atoms with Gasteiger partial charge in [0.25, 0.3) is 0 Å². The second kappa shape index (κ2) is 21.2. The minimum absolute atomic E-state index is 0.173. The van der Waals surface area contributed by atoms with Gasteiger partial charge in [-0.3, -0.25) is 0 Å². The van der Waals surface area contributed by atoms with Gasteiger partial charge in [0.1, 0.15) is 17.2 Å². The van der Waals surface area contributed by atoms with Crippen LogP contribution in [0.1, 0.15) is 81.7 Å². The van der Waals surface area contributed by atoms with Crippen molar-refractivity contribution in [1.29, 1.82) is 0 Å². The molecule has 2 aliphatic rings. The summed E-state index contributed by atoms with van der Waals surface area (Å²) in [5, 5.41) is 24.6. The fraction of sp³-hybridized carbons (Fsp3) is 0.457. The number of hydrogen-bond donors (Lipinski definition) is 2. The van der Waals surface area contributed by atoms with Crippen molar-refractivity contribution in [2.75, 3.05) is 33.3 Å². The van der Waals surface area contributed by atoms with Crippen LogP contribution in [-0.4, -0.2) is 83.9 Å².